The van der Waals surface area contributed by atoms with Crippen molar-refractivity contribution in [1.29, 1.82) is 0 Å². The van der Waals surface area contributed by atoms with Gasteiger partial charge in [-0.1, -0.05) is 19.9 Å². The SMILES string of the molecule is CC.CNc1cc(O)c(C)cc1N.Cc1cc(C)c(S(=O)O)cc1N. The van der Waals surface area contributed by atoms with Crippen LogP contribution in [0.4, 0.5) is 17.1 Å². The number of benzene rings is 2. The largest absolute Gasteiger partial charge is 0.508 e. The van der Waals surface area contributed by atoms with Crippen molar-refractivity contribution < 1.29 is 13.9 Å². The fraction of sp³-hybridized carbons (Fsp3) is 0.333. The highest BCUT2D eigenvalue weighted by Gasteiger charge is 2.06. The Morgan fingerprint density at radius 2 is 1.48 bits per heavy atom. The summed E-state index contributed by atoms with van der Waals surface area (Å²) in [6.45, 7) is 9.47. The van der Waals surface area contributed by atoms with Gasteiger partial charge in [0.25, 0.3) is 0 Å². The van der Waals surface area contributed by atoms with Crippen LogP contribution in [0.3, 0.4) is 0 Å². The fourth-order valence-electron chi connectivity index (χ4n) is 1.97. The average Bonchev–Trinajstić information content (AvgIpc) is 2.56. The molecule has 7 heteroatoms. The Hall–Kier alpha value is -2.25. The number of aromatic hydroxyl groups is 1. The minimum absolute atomic E-state index is 0.267. The molecule has 0 aromatic heterocycles. The van der Waals surface area contributed by atoms with Crippen LogP contribution in [-0.4, -0.2) is 20.9 Å². The third-order valence-electron chi connectivity index (χ3n) is 3.39. The molecule has 0 radical (unpaired) electrons. The zero-order chi connectivity index (χ0) is 19.7. The second kappa shape index (κ2) is 10.6. The summed E-state index contributed by atoms with van der Waals surface area (Å²) in [5, 5.41) is 12.1. The van der Waals surface area contributed by atoms with Crippen LogP contribution in [0.2, 0.25) is 0 Å². The molecule has 0 fully saturated rings. The molecule has 0 heterocycles. The summed E-state index contributed by atoms with van der Waals surface area (Å²) in [4.78, 5) is 0.387. The van der Waals surface area contributed by atoms with Crippen LogP contribution < -0.4 is 16.8 Å². The van der Waals surface area contributed by atoms with Gasteiger partial charge in [0.15, 0.2) is 11.1 Å². The van der Waals surface area contributed by atoms with Crippen LogP contribution >= 0.6 is 0 Å². The number of hydrogen-bond acceptors (Lipinski definition) is 5. The van der Waals surface area contributed by atoms with E-state index in [1.165, 1.54) is 0 Å². The van der Waals surface area contributed by atoms with Crippen LogP contribution in [0, 0.1) is 20.8 Å². The molecule has 0 aliphatic rings. The molecule has 6 nitrogen and oxygen atoms in total. The Balaban J connectivity index is 0.000000421. The van der Waals surface area contributed by atoms with Crippen LogP contribution in [0.15, 0.2) is 29.2 Å². The highest BCUT2D eigenvalue weighted by Crippen LogP contribution is 2.26. The maximum atomic E-state index is 10.7. The van der Waals surface area contributed by atoms with Gasteiger partial charge < -0.3 is 26.4 Å². The third kappa shape index (κ3) is 6.64. The zero-order valence-corrected chi connectivity index (χ0v) is 16.5. The lowest BCUT2D eigenvalue weighted by atomic mass is 10.1. The fourth-order valence-corrected chi connectivity index (χ4v) is 2.53. The third-order valence-corrected chi connectivity index (χ3v) is 4.21. The van der Waals surface area contributed by atoms with Gasteiger partial charge in [0.05, 0.1) is 16.3 Å². The lowest BCUT2D eigenvalue weighted by Gasteiger charge is -2.06. The van der Waals surface area contributed by atoms with E-state index in [1.54, 1.807) is 38.2 Å². The summed E-state index contributed by atoms with van der Waals surface area (Å²) in [6, 6.07) is 6.70. The van der Waals surface area contributed by atoms with Crippen molar-refractivity contribution in [1.82, 2.24) is 0 Å². The first-order valence-corrected chi connectivity index (χ1v) is 9.02. The van der Waals surface area contributed by atoms with Gasteiger partial charge in [-0.15, -0.1) is 0 Å². The maximum absolute atomic E-state index is 10.7. The van der Waals surface area contributed by atoms with E-state index >= 15 is 0 Å². The summed E-state index contributed by atoms with van der Waals surface area (Å²) >= 11 is -1.94. The van der Waals surface area contributed by atoms with Gasteiger partial charge in [-0.2, -0.15) is 0 Å². The van der Waals surface area contributed by atoms with Crippen molar-refractivity contribution >= 4 is 28.1 Å². The molecule has 2 rings (SSSR count). The quantitative estimate of drug-likeness (QED) is 0.312. The second-order valence-corrected chi connectivity index (χ2v) is 6.14. The molecule has 0 saturated heterocycles. The molecule has 0 amide bonds. The number of aryl methyl sites for hydroxylation is 3. The highest BCUT2D eigenvalue weighted by atomic mass is 32.2. The Morgan fingerprint density at radius 3 is 1.96 bits per heavy atom. The summed E-state index contributed by atoms with van der Waals surface area (Å²) in [7, 11) is 1.76. The van der Waals surface area contributed by atoms with E-state index in [4.69, 9.17) is 16.0 Å². The first-order valence-electron chi connectivity index (χ1n) is 7.91. The van der Waals surface area contributed by atoms with E-state index in [-0.39, 0.29) is 5.75 Å². The number of phenolic OH excluding ortho intramolecular Hbond substituents is 1. The van der Waals surface area contributed by atoms with Crippen LogP contribution in [0.1, 0.15) is 30.5 Å². The molecule has 0 aliphatic heterocycles. The summed E-state index contributed by atoms with van der Waals surface area (Å²) in [5.41, 5.74) is 15.7. The molecule has 0 saturated carbocycles. The molecule has 1 unspecified atom stereocenters. The monoisotopic (exact) mass is 367 g/mol. The van der Waals surface area contributed by atoms with Crippen molar-refractivity contribution in [3.05, 3.63) is 41.0 Å². The minimum Gasteiger partial charge on any atom is -0.508 e. The smallest absolute Gasteiger partial charge is 0.186 e. The molecular weight excluding hydrogens is 338 g/mol. The molecular formula is C18H29N3O3S. The predicted octanol–water partition coefficient (Wildman–Crippen LogP) is 3.82. The van der Waals surface area contributed by atoms with E-state index in [1.807, 2.05) is 27.7 Å². The van der Waals surface area contributed by atoms with Crippen LogP contribution in [0.5, 0.6) is 5.75 Å². The lowest BCUT2D eigenvalue weighted by Crippen LogP contribution is -1.97. The van der Waals surface area contributed by atoms with Crippen LogP contribution in [0.25, 0.3) is 0 Å². The van der Waals surface area contributed by atoms with Crippen LogP contribution in [-0.2, 0) is 11.1 Å². The summed E-state index contributed by atoms with van der Waals surface area (Å²) in [5.74, 6) is 0.267. The Bertz CT molecular complexity index is 734. The second-order valence-electron chi connectivity index (χ2n) is 5.20. The minimum atomic E-state index is -1.94. The average molecular weight is 368 g/mol. The van der Waals surface area contributed by atoms with Crippen molar-refractivity contribution in [2.45, 2.75) is 39.5 Å². The molecule has 0 bridgehead atoms. The number of rotatable bonds is 2. The molecule has 140 valence electrons. The Kier molecular flexibility index (Phi) is 9.63. The molecule has 7 N–H and O–H groups in total. The number of hydrogen-bond donors (Lipinski definition) is 5. The number of nitrogens with two attached hydrogens (primary N) is 2. The summed E-state index contributed by atoms with van der Waals surface area (Å²) < 4.78 is 19.6. The zero-order valence-electron chi connectivity index (χ0n) is 15.7. The summed E-state index contributed by atoms with van der Waals surface area (Å²) in [6.07, 6.45) is 0. The Labute approximate surface area is 152 Å². The van der Waals surface area contributed by atoms with Gasteiger partial charge in [0, 0.05) is 18.8 Å². The molecule has 25 heavy (non-hydrogen) atoms. The van der Waals surface area contributed by atoms with Crippen molar-refractivity contribution in [3.8, 4) is 5.75 Å². The van der Waals surface area contributed by atoms with Crippen molar-refractivity contribution in [2.24, 2.45) is 0 Å². The molecule has 1 atom stereocenters. The van der Waals surface area contributed by atoms with E-state index < -0.39 is 11.1 Å². The van der Waals surface area contributed by atoms with Gasteiger partial charge in [0.1, 0.15) is 5.75 Å². The van der Waals surface area contributed by atoms with E-state index in [0.29, 0.717) is 16.3 Å². The van der Waals surface area contributed by atoms with Crippen molar-refractivity contribution in [2.75, 3.05) is 23.8 Å². The number of anilines is 3. The molecule has 2 aromatic rings. The van der Waals surface area contributed by atoms with E-state index in [0.717, 1.165) is 22.4 Å². The maximum Gasteiger partial charge on any atom is 0.186 e. The number of phenols is 1. The van der Waals surface area contributed by atoms with Gasteiger partial charge in [0.2, 0.25) is 0 Å². The van der Waals surface area contributed by atoms with E-state index in [2.05, 4.69) is 5.32 Å². The molecule has 0 aliphatic carbocycles. The lowest BCUT2D eigenvalue weighted by molar-refractivity contribution is 0.471. The standard InChI is InChI=1S/C8H12N2O.C8H11NO2S.C2H6/c1-5-3-6(9)7(10-2)4-8(5)11;1-5-3-6(2)8(12(10)11)4-7(5)9;1-2/h3-4,10-11H,9H2,1-2H3;3-4H,9H2,1-2H3,(H,10,11);1-2H3. The Morgan fingerprint density at radius 1 is 0.920 bits per heavy atom. The van der Waals surface area contributed by atoms with Gasteiger partial charge >= 0.3 is 0 Å². The number of nitrogen functional groups attached to an aromatic ring is 2. The normalized spacial score (nSPS) is 10.7. The molecule has 0 spiro atoms. The molecule has 2 aromatic carbocycles. The first-order chi connectivity index (χ1) is 11.7. The predicted molar refractivity (Wildman–Crippen MR) is 108 cm³/mol. The number of nitrogens with one attached hydrogen (secondary N) is 1. The van der Waals surface area contributed by atoms with Gasteiger partial charge in [-0.05, 0) is 49.6 Å². The van der Waals surface area contributed by atoms with Gasteiger partial charge in [-0.25, -0.2) is 4.21 Å². The van der Waals surface area contributed by atoms with E-state index in [9.17, 15) is 9.32 Å². The first kappa shape index (κ1) is 22.8. The van der Waals surface area contributed by atoms with Crippen molar-refractivity contribution in [3.63, 3.8) is 0 Å². The van der Waals surface area contributed by atoms with Gasteiger partial charge in [-0.3, -0.25) is 0 Å². The highest BCUT2D eigenvalue weighted by molar-refractivity contribution is 7.79. The topological polar surface area (TPSA) is 122 Å².